The first-order valence-electron chi connectivity index (χ1n) is 9.24. The second kappa shape index (κ2) is 8.18. The second-order valence-electron chi connectivity index (χ2n) is 6.85. The Bertz CT molecular complexity index is 641. The van der Waals surface area contributed by atoms with Crippen molar-refractivity contribution in [2.24, 2.45) is 5.92 Å². The normalized spacial score (nSPS) is 14.9. The van der Waals surface area contributed by atoms with Crippen LogP contribution in [0.15, 0.2) is 48.7 Å². The van der Waals surface area contributed by atoms with Gasteiger partial charge in [0.2, 0.25) is 5.91 Å². The molecule has 0 radical (unpaired) electrons. The van der Waals surface area contributed by atoms with Crippen molar-refractivity contribution in [1.29, 1.82) is 0 Å². The summed E-state index contributed by atoms with van der Waals surface area (Å²) in [4.78, 5) is 14.9. The summed E-state index contributed by atoms with van der Waals surface area (Å²) in [5, 5.41) is 0. The summed E-state index contributed by atoms with van der Waals surface area (Å²) in [7, 11) is 0. The van der Waals surface area contributed by atoms with Gasteiger partial charge in [0, 0.05) is 30.9 Å². The van der Waals surface area contributed by atoms with Crippen molar-refractivity contribution >= 4 is 5.91 Å². The zero-order valence-corrected chi connectivity index (χ0v) is 14.7. The highest BCUT2D eigenvalue weighted by Gasteiger charge is 2.27. The van der Waals surface area contributed by atoms with E-state index in [1.54, 1.807) is 0 Å². The van der Waals surface area contributed by atoms with E-state index in [4.69, 9.17) is 0 Å². The highest BCUT2D eigenvalue weighted by atomic mass is 16.2. The average molecular weight is 324 g/mol. The van der Waals surface area contributed by atoms with E-state index in [0.717, 1.165) is 38.9 Å². The molecule has 1 aromatic carbocycles. The van der Waals surface area contributed by atoms with Crippen LogP contribution in [0.3, 0.4) is 0 Å². The van der Waals surface area contributed by atoms with Gasteiger partial charge in [-0.25, -0.2) is 0 Å². The number of amides is 1. The number of aromatic nitrogens is 1. The maximum atomic E-state index is 12.8. The van der Waals surface area contributed by atoms with Crippen LogP contribution in [0.4, 0.5) is 0 Å². The Labute approximate surface area is 145 Å². The topological polar surface area (TPSA) is 25.2 Å². The van der Waals surface area contributed by atoms with E-state index in [-0.39, 0.29) is 5.92 Å². The van der Waals surface area contributed by atoms with E-state index >= 15 is 0 Å². The third-order valence-corrected chi connectivity index (χ3v) is 4.98. The van der Waals surface area contributed by atoms with Crippen LogP contribution >= 0.6 is 0 Å². The van der Waals surface area contributed by atoms with Crippen molar-refractivity contribution in [3.63, 3.8) is 0 Å². The molecule has 1 aliphatic rings. The van der Waals surface area contributed by atoms with E-state index in [2.05, 4.69) is 59.0 Å². The summed E-state index contributed by atoms with van der Waals surface area (Å²) in [5.74, 6) is 0.621. The average Bonchev–Trinajstić information content (AvgIpc) is 3.27. The van der Waals surface area contributed by atoms with Gasteiger partial charge in [-0.15, -0.1) is 0 Å². The maximum absolute atomic E-state index is 12.8. The molecule has 0 atom stereocenters. The number of carbonyl (C=O) groups is 1. The van der Waals surface area contributed by atoms with Gasteiger partial charge in [0.05, 0.1) is 6.54 Å². The van der Waals surface area contributed by atoms with Crippen molar-refractivity contribution in [2.45, 2.75) is 52.1 Å². The lowest BCUT2D eigenvalue weighted by Crippen LogP contribution is -2.36. The molecule has 1 aliphatic carbocycles. The number of benzene rings is 1. The first-order valence-corrected chi connectivity index (χ1v) is 9.24. The molecule has 1 saturated carbocycles. The molecule has 128 valence electrons. The molecular formula is C21H28N2O. The molecule has 0 unspecified atom stereocenters. The first-order chi connectivity index (χ1) is 11.8. The zero-order chi connectivity index (χ0) is 16.8. The first kappa shape index (κ1) is 16.8. The van der Waals surface area contributed by atoms with Crippen LogP contribution in [0, 0.1) is 5.92 Å². The molecule has 1 amide bonds. The monoisotopic (exact) mass is 324 g/mol. The van der Waals surface area contributed by atoms with Gasteiger partial charge < -0.3 is 9.47 Å². The Morgan fingerprint density at radius 3 is 2.58 bits per heavy atom. The van der Waals surface area contributed by atoms with Gasteiger partial charge in [0.15, 0.2) is 0 Å². The minimum absolute atomic E-state index is 0.258. The summed E-state index contributed by atoms with van der Waals surface area (Å²) in [6, 6.07) is 14.7. The molecule has 2 aromatic rings. The standard InChI is InChI=1S/C21H28N2O/c1-2-14-23(21(24)19-11-6-7-12-19)17-20-13-8-15-22(20)16-18-9-4-3-5-10-18/h3-5,8-10,13,15,19H,2,6-7,11-12,14,16-17H2,1H3. The lowest BCUT2D eigenvalue weighted by atomic mass is 10.1. The smallest absolute Gasteiger partial charge is 0.226 e. The molecule has 0 spiro atoms. The molecular weight excluding hydrogens is 296 g/mol. The Morgan fingerprint density at radius 2 is 1.88 bits per heavy atom. The maximum Gasteiger partial charge on any atom is 0.226 e. The fourth-order valence-corrected chi connectivity index (χ4v) is 3.69. The van der Waals surface area contributed by atoms with Crippen molar-refractivity contribution < 1.29 is 4.79 Å². The molecule has 1 heterocycles. The van der Waals surface area contributed by atoms with Crippen LogP contribution in [-0.2, 0) is 17.9 Å². The van der Waals surface area contributed by atoms with Crippen LogP contribution in [0.1, 0.15) is 50.3 Å². The summed E-state index contributed by atoms with van der Waals surface area (Å²) < 4.78 is 2.26. The fraction of sp³-hybridized carbons (Fsp3) is 0.476. The number of rotatable bonds is 7. The van der Waals surface area contributed by atoms with Crippen LogP contribution in [0.25, 0.3) is 0 Å². The Morgan fingerprint density at radius 1 is 1.12 bits per heavy atom. The van der Waals surface area contributed by atoms with Gasteiger partial charge in [0.1, 0.15) is 0 Å². The zero-order valence-electron chi connectivity index (χ0n) is 14.7. The summed E-state index contributed by atoms with van der Waals surface area (Å²) in [6.45, 7) is 4.59. The number of nitrogens with zero attached hydrogens (tertiary/aromatic N) is 2. The number of carbonyl (C=O) groups excluding carboxylic acids is 1. The van der Waals surface area contributed by atoms with Gasteiger partial charge in [0.25, 0.3) is 0 Å². The van der Waals surface area contributed by atoms with Gasteiger partial charge in [-0.2, -0.15) is 0 Å². The van der Waals surface area contributed by atoms with Crippen molar-refractivity contribution in [3.05, 3.63) is 59.9 Å². The van der Waals surface area contributed by atoms with Gasteiger partial charge in [-0.1, -0.05) is 50.1 Å². The highest BCUT2D eigenvalue weighted by Crippen LogP contribution is 2.27. The molecule has 3 heteroatoms. The van der Waals surface area contributed by atoms with E-state index in [9.17, 15) is 4.79 Å². The predicted octanol–water partition coefficient (Wildman–Crippen LogP) is 4.47. The lowest BCUT2D eigenvalue weighted by molar-refractivity contribution is -0.136. The summed E-state index contributed by atoms with van der Waals surface area (Å²) in [6.07, 6.45) is 7.69. The van der Waals surface area contributed by atoms with Crippen molar-refractivity contribution in [3.8, 4) is 0 Å². The Balaban J connectivity index is 1.71. The minimum Gasteiger partial charge on any atom is -0.345 e. The molecule has 3 nitrogen and oxygen atoms in total. The molecule has 0 aliphatic heterocycles. The van der Waals surface area contributed by atoms with E-state index < -0.39 is 0 Å². The molecule has 0 bridgehead atoms. The van der Waals surface area contributed by atoms with Crippen LogP contribution in [-0.4, -0.2) is 21.9 Å². The van der Waals surface area contributed by atoms with Crippen molar-refractivity contribution in [1.82, 2.24) is 9.47 Å². The minimum atomic E-state index is 0.258. The van der Waals surface area contributed by atoms with E-state index in [0.29, 0.717) is 5.91 Å². The van der Waals surface area contributed by atoms with E-state index in [1.165, 1.54) is 24.1 Å². The third kappa shape index (κ3) is 4.08. The van der Waals surface area contributed by atoms with Crippen LogP contribution in [0.2, 0.25) is 0 Å². The molecule has 0 N–H and O–H groups in total. The Hall–Kier alpha value is -2.03. The van der Waals surface area contributed by atoms with E-state index in [1.807, 2.05) is 6.07 Å². The molecule has 3 rings (SSSR count). The van der Waals surface area contributed by atoms with Gasteiger partial charge in [-0.3, -0.25) is 4.79 Å². The molecule has 24 heavy (non-hydrogen) atoms. The predicted molar refractivity (Wildman–Crippen MR) is 97.6 cm³/mol. The van der Waals surface area contributed by atoms with Crippen LogP contribution < -0.4 is 0 Å². The lowest BCUT2D eigenvalue weighted by Gasteiger charge is -2.26. The molecule has 1 aromatic heterocycles. The quantitative estimate of drug-likeness (QED) is 0.738. The number of hydrogen-bond acceptors (Lipinski definition) is 1. The number of hydrogen-bond donors (Lipinski definition) is 0. The summed E-state index contributed by atoms with van der Waals surface area (Å²) >= 11 is 0. The fourth-order valence-electron chi connectivity index (χ4n) is 3.69. The highest BCUT2D eigenvalue weighted by molar-refractivity contribution is 5.79. The van der Waals surface area contributed by atoms with Crippen LogP contribution in [0.5, 0.6) is 0 Å². The SMILES string of the molecule is CCCN(Cc1cccn1Cc1ccccc1)C(=O)C1CCCC1. The molecule has 0 saturated heterocycles. The third-order valence-electron chi connectivity index (χ3n) is 4.98. The molecule has 1 fully saturated rings. The summed E-state index contributed by atoms with van der Waals surface area (Å²) in [5.41, 5.74) is 2.51. The largest absolute Gasteiger partial charge is 0.345 e. The van der Waals surface area contributed by atoms with Gasteiger partial charge in [-0.05, 0) is 37.0 Å². The van der Waals surface area contributed by atoms with Gasteiger partial charge >= 0.3 is 0 Å². The Kier molecular flexibility index (Phi) is 5.73. The van der Waals surface area contributed by atoms with Crippen molar-refractivity contribution in [2.75, 3.05) is 6.54 Å². The second-order valence-corrected chi connectivity index (χ2v) is 6.85.